The van der Waals surface area contributed by atoms with E-state index in [9.17, 15) is 0 Å². The Kier molecular flexibility index (Phi) is 3.64. The van der Waals surface area contributed by atoms with E-state index in [1.54, 1.807) is 23.3 Å². The van der Waals surface area contributed by atoms with Crippen LogP contribution in [0.5, 0.6) is 0 Å². The molecule has 0 atom stereocenters. The Morgan fingerprint density at radius 2 is 2.00 bits per heavy atom. The van der Waals surface area contributed by atoms with Crippen LogP contribution in [0, 0.1) is 4.77 Å². The molecule has 0 fully saturated rings. The Bertz CT molecular complexity index is 714. The van der Waals surface area contributed by atoms with Crippen LogP contribution in [0.4, 0.5) is 0 Å². The van der Waals surface area contributed by atoms with E-state index in [-0.39, 0.29) is 0 Å². The molecule has 7 nitrogen and oxygen atoms in total. The highest BCUT2D eigenvalue weighted by atomic mass is 32.1. The summed E-state index contributed by atoms with van der Waals surface area (Å²) in [5.74, 6) is 0.830. The lowest BCUT2D eigenvalue weighted by Crippen LogP contribution is -2.06. The van der Waals surface area contributed by atoms with E-state index in [2.05, 4.69) is 25.5 Å². The monoisotopic (exact) mass is 287 g/mol. The first-order valence-electron chi connectivity index (χ1n) is 6.24. The van der Waals surface area contributed by atoms with E-state index in [1.165, 1.54) is 0 Å². The fraction of sp³-hybridized carbons (Fsp3) is 0.250. The van der Waals surface area contributed by atoms with Crippen molar-refractivity contribution in [1.82, 2.24) is 34.7 Å². The van der Waals surface area contributed by atoms with E-state index in [0.29, 0.717) is 4.77 Å². The molecule has 0 amide bonds. The zero-order valence-electron chi connectivity index (χ0n) is 10.7. The van der Waals surface area contributed by atoms with Crippen LogP contribution < -0.4 is 0 Å². The second-order valence-electron chi connectivity index (χ2n) is 4.26. The average molecular weight is 287 g/mol. The van der Waals surface area contributed by atoms with Crippen LogP contribution in [0.15, 0.2) is 36.9 Å². The van der Waals surface area contributed by atoms with Crippen LogP contribution in [0.1, 0.15) is 6.42 Å². The molecule has 0 aromatic carbocycles. The van der Waals surface area contributed by atoms with Crippen LogP contribution in [-0.4, -0.2) is 34.7 Å². The van der Waals surface area contributed by atoms with Crippen molar-refractivity contribution in [3.63, 3.8) is 0 Å². The van der Waals surface area contributed by atoms with Crippen molar-refractivity contribution >= 4 is 12.2 Å². The first-order valence-corrected chi connectivity index (χ1v) is 6.65. The van der Waals surface area contributed by atoms with Gasteiger partial charge in [0, 0.05) is 37.2 Å². The number of nitrogens with one attached hydrogen (secondary N) is 1. The van der Waals surface area contributed by atoms with Gasteiger partial charge in [0.15, 0.2) is 10.6 Å². The maximum absolute atomic E-state index is 5.28. The van der Waals surface area contributed by atoms with E-state index < -0.39 is 0 Å². The molecule has 20 heavy (non-hydrogen) atoms. The molecule has 0 radical (unpaired) electrons. The molecule has 3 heterocycles. The van der Waals surface area contributed by atoms with E-state index in [0.717, 1.165) is 30.9 Å². The molecule has 0 saturated carbocycles. The van der Waals surface area contributed by atoms with Crippen molar-refractivity contribution in [2.24, 2.45) is 0 Å². The lowest BCUT2D eigenvalue weighted by Gasteiger charge is -2.06. The molecule has 0 aliphatic carbocycles. The Hall–Kier alpha value is -2.35. The van der Waals surface area contributed by atoms with Gasteiger partial charge in [-0.1, -0.05) is 5.21 Å². The minimum atomic E-state index is 0.621. The van der Waals surface area contributed by atoms with E-state index >= 15 is 0 Å². The van der Waals surface area contributed by atoms with Gasteiger partial charge in [-0.3, -0.25) is 14.8 Å². The predicted molar refractivity (Wildman–Crippen MR) is 75.3 cm³/mol. The molecule has 3 aromatic rings. The summed E-state index contributed by atoms with van der Waals surface area (Å²) < 4.78 is 4.41. The topological polar surface area (TPSA) is 77.2 Å². The number of nitrogens with zero attached hydrogens (tertiary/aromatic N) is 6. The summed E-state index contributed by atoms with van der Waals surface area (Å²) in [5, 5.41) is 14.8. The molecular weight excluding hydrogens is 274 g/mol. The number of pyridine rings is 1. The number of H-pyrrole nitrogens is 1. The third-order valence-corrected chi connectivity index (χ3v) is 3.25. The Morgan fingerprint density at radius 1 is 1.15 bits per heavy atom. The minimum absolute atomic E-state index is 0.621. The lowest BCUT2D eigenvalue weighted by molar-refractivity contribution is 0.514. The van der Waals surface area contributed by atoms with Crippen LogP contribution in [0.3, 0.4) is 0 Å². The SMILES string of the molecule is S=c1[nH]nc(-c2ccncc2)n1CCCn1ccnn1. The number of rotatable bonds is 5. The van der Waals surface area contributed by atoms with Crippen molar-refractivity contribution in [3.8, 4) is 11.4 Å². The molecule has 0 aliphatic rings. The summed E-state index contributed by atoms with van der Waals surface area (Å²) in [6.07, 6.45) is 7.90. The third-order valence-electron chi connectivity index (χ3n) is 2.94. The van der Waals surface area contributed by atoms with E-state index in [4.69, 9.17) is 12.2 Å². The number of hydrogen-bond donors (Lipinski definition) is 1. The number of aryl methyl sites for hydroxylation is 1. The van der Waals surface area contributed by atoms with Gasteiger partial charge in [-0.05, 0) is 30.8 Å². The molecule has 3 rings (SSSR count). The van der Waals surface area contributed by atoms with Crippen LogP contribution in [-0.2, 0) is 13.1 Å². The molecule has 1 N–H and O–H groups in total. The zero-order valence-corrected chi connectivity index (χ0v) is 11.5. The van der Waals surface area contributed by atoms with Crippen LogP contribution in [0.2, 0.25) is 0 Å². The Balaban J connectivity index is 1.76. The van der Waals surface area contributed by atoms with Gasteiger partial charge in [0.25, 0.3) is 0 Å². The highest BCUT2D eigenvalue weighted by Crippen LogP contribution is 2.16. The smallest absolute Gasteiger partial charge is 0.195 e. The maximum Gasteiger partial charge on any atom is 0.195 e. The first-order chi connectivity index (χ1) is 9.84. The summed E-state index contributed by atoms with van der Waals surface area (Å²) in [4.78, 5) is 4.01. The fourth-order valence-electron chi connectivity index (χ4n) is 1.99. The molecule has 3 aromatic heterocycles. The summed E-state index contributed by atoms with van der Waals surface area (Å²) >= 11 is 5.28. The van der Waals surface area contributed by atoms with Crippen molar-refractivity contribution in [2.75, 3.05) is 0 Å². The van der Waals surface area contributed by atoms with Crippen molar-refractivity contribution < 1.29 is 0 Å². The van der Waals surface area contributed by atoms with Gasteiger partial charge in [-0.2, -0.15) is 5.10 Å². The quantitative estimate of drug-likeness (QED) is 0.722. The molecular formula is C12H13N7S. The molecule has 0 unspecified atom stereocenters. The highest BCUT2D eigenvalue weighted by molar-refractivity contribution is 7.71. The molecule has 0 saturated heterocycles. The van der Waals surface area contributed by atoms with Crippen molar-refractivity contribution in [2.45, 2.75) is 19.5 Å². The predicted octanol–water partition coefficient (Wildman–Crippen LogP) is 1.68. The Labute approximate surface area is 120 Å². The van der Waals surface area contributed by atoms with Gasteiger partial charge in [-0.25, -0.2) is 0 Å². The number of aromatic nitrogens is 7. The largest absolute Gasteiger partial charge is 0.300 e. The standard InChI is InChI=1S/C12H13N7S/c20-12-16-15-11(10-2-4-13-5-3-10)19(12)8-1-7-18-9-6-14-17-18/h2-6,9H,1,7-8H2,(H,16,20). The van der Waals surface area contributed by atoms with Gasteiger partial charge >= 0.3 is 0 Å². The molecule has 102 valence electrons. The molecule has 0 spiro atoms. The molecule has 8 heteroatoms. The average Bonchev–Trinajstić information content (AvgIpc) is 3.11. The van der Waals surface area contributed by atoms with Gasteiger partial charge in [0.2, 0.25) is 0 Å². The van der Waals surface area contributed by atoms with Crippen LogP contribution >= 0.6 is 12.2 Å². The molecule has 0 bridgehead atoms. The van der Waals surface area contributed by atoms with Crippen molar-refractivity contribution in [1.29, 1.82) is 0 Å². The third kappa shape index (κ3) is 2.64. The minimum Gasteiger partial charge on any atom is -0.300 e. The van der Waals surface area contributed by atoms with Gasteiger partial charge in [-0.15, -0.1) is 5.10 Å². The van der Waals surface area contributed by atoms with Crippen molar-refractivity contribution in [3.05, 3.63) is 41.7 Å². The number of hydrogen-bond acceptors (Lipinski definition) is 5. The fourth-order valence-corrected chi connectivity index (χ4v) is 2.21. The van der Waals surface area contributed by atoms with Gasteiger partial charge in [0.05, 0.1) is 6.20 Å². The summed E-state index contributed by atoms with van der Waals surface area (Å²) in [5.41, 5.74) is 0.994. The summed E-state index contributed by atoms with van der Waals surface area (Å²) in [7, 11) is 0. The van der Waals surface area contributed by atoms with Crippen LogP contribution in [0.25, 0.3) is 11.4 Å². The summed E-state index contributed by atoms with van der Waals surface area (Å²) in [6, 6.07) is 3.83. The second kappa shape index (κ2) is 5.74. The Morgan fingerprint density at radius 3 is 2.75 bits per heavy atom. The van der Waals surface area contributed by atoms with Gasteiger partial charge < -0.3 is 4.57 Å². The van der Waals surface area contributed by atoms with Gasteiger partial charge in [0.1, 0.15) is 0 Å². The first kappa shape index (κ1) is 12.7. The highest BCUT2D eigenvalue weighted by Gasteiger charge is 2.08. The zero-order chi connectivity index (χ0) is 13.8. The second-order valence-corrected chi connectivity index (χ2v) is 4.65. The summed E-state index contributed by atoms with van der Waals surface area (Å²) in [6.45, 7) is 1.57. The molecule has 0 aliphatic heterocycles. The number of aromatic amines is 1. The van der Waals surface area contributed by atoms with E-state index in [1.807, 2.05) is 22.9 Å². The lowest BCUT2D eigenvalue weighted by atomic mass is 10.2. The normalized spacial score (nSPS) is 10.8. The maximum atomic E-state index is 5.28.